The third kappa shape index (κ3) is 1.74. The standard InChI is InChI=1S/C17H20N/c1-12-7-8-15-16(10-12)13(2)11-14(3)18-9-5-4-6-17(15)18/h4-10,13-14H,11H2,1-3H3/q+1. The second-order valence-electron chi connectivity index (χ2n) is 5.57. The van der Waals surface area contributed by atoms with Crippen molar-refractivity contribution in [2.45, 2.75) is 39.2 Å². The summed E-state index contributed by atoms with van der Waals surface area (Å²) < 4.78 is 2.41. The van der Waals surface area contributed by atoms with Gasteiger partial charge in [0.25, 0.3) is 0 Å². The fourth-order valence-corrected chi connectivity index (χ4v) is 3.14. The van der Waals surface area contributed by atoms with Crippen molar-refractivity contribution in [3.8, 4) is 11.3 Å². The van der Waals surface area contributed by atoms with Crippen LogP contribution in [0.1, 0.15) is 43.4 Å². The number of nitrogens with zero attached hydrogens (tertiary/aromatic N) is 1. The van der Waals surface area contributed by atoms with E-state index in [9.17, 15) is 0 Å². The molecule has 1 aliphatic heterocycles. The van der Waals surface area contributed by atoms with Crippen LogP contribution in [0.5, 0.6) is 0 Å². The van der Waals surface area contributed by atoms with Crippen molar-refractivity contribution in [3.63, 3.8) is 0 Å². The molecular formula is C17H20N+. The van der Waals surface area contributed by atoms with Gasteiger partial charge in [-0.3, -0.25) is 0 Å². The fourth-order valence-electron chi connectivity index (χ4n) is 3.14. The average molecular weight is 238 g/mol. The second kappa shape index (κ2) is 4.24. The highest BCUT2D eigenvalue weighted by Gasteiger charge is 2.28. The molecule has 0 saturated carbocycles. The maximum atomic E-state index is 2.41. The Morgan fingerprint density at radius 1 is 1.11 bits per heavy atom. The van der Waals surface area contributed by atoms with Gasteiger partial charge in [-0.05, 0) is 37.5 Å². The van der Waals surface area contributed by atoms with Crippen molar-refractivity contribution >= 4 is 0 Å². The van der Waals surface area contributed by atoms with Crippen molar-refractivity contribution < 1.29 is 4.57 Å². The molecule has 18 heavy (non-hydrogen) atoms. The minimum atomic E-state index is 0.559. The molecule has 1 heteroatoms. The van der Waals surface area contributed by atoms with E-state index in [2.05, 4.69) is 67.9 Å². The average Bonchev–Trinajstić information content (AvgIpc) is 2.47. The zero-order valence-electron chi connectivity index (χ0n) is 11.4. The number of hydrogen-bond donors (Lipinski definition) is 0. The Morgan fingerprint density at radius 2 is 1.94 bits per heavy atom. The SMILES string of the molecule is Cc1ccc2c(c1)C(C)CC(C)[n+]1ccccc1-2. The molecule has 1 aromatic heterocycles. The summed E-state index contributed by atoms with van der Waals surface area (Å²) in [5, 5.41) is 0. The van der Waals surface area contributed by atoms with Crippen LogP contribution in [0, 0.1) is 6.92 Å². The highest BCUT2D eigenvalue weighted by molar-refractivity contribution is 5.63. The lowest BCUT2D eigenvalue weighted by molar-refractivity contribution is -0.709. The minimum Gasteiger partial charge on any atom is -0.196 e. The molecule has 2 heterocycles. The fraction of sp³-hybridized carbons (Fsp3) is 0.353. The normalized spacial score (nSPS) is 21.9. The first-order valence-corrected chi connectivity index (χ1v) is 6.78. The molecule has 0 radical (unpaired) electrons. The second-order valence-corrected chi connectivity index (χ2v) is 5.57. The van der Waals surface area contributed by atoms with Gasteiger partial charge in [-0.1, -0.05) is 24.6 Å². The van der Waals surface area contributed by atoms with Crippen LogP contribution < -0.4 is 4.57 Å². The summed E-state index contributed by atoms with van der Waals surface area (Å²) in [5.74, 6) is 0.620. The highest BCUT2D eigenvalue weighted by Crippen LogP contribution is 2.35. The number of fused-ring (bicyclic) bond motifs is 3. The van der Waals surface area contributed by atoms with E-state index in [1.165, 1.54) is 28.8 Å². The first kappa shape index (κ1) is 11.5. The molecule has 1 aromatic carbocycles. The number of hydrogen-bond acceptors (Lipinski definition) is 0. The number of benzene rings is 1. The molecular weight excluding hydrogens is 218 g/mol. The zero-order valence-corrected chi connectivity index (χ0v) is 11.4. The smallest absolute Gasteiger partial charge is 0.196 e. The largest absolute Gasteiger partial charge is 0.212 e. The van der Waals surface area contributed by atoms with Gasteiger partial charge in [-0.2, -0.15) is 4.57 Å². The van der Waals surface area contributed by atoms with Crippen LogP contribution >= 0.6 is 0 Å². The molecule has 92 valence electrons. The third-order valence-electron chi connectivity index (χ3n) is 4.07. The third-order valence-corrected chi connectivity index (χ3v) is 4.07. The van der Waals surface area contributed by atoms with Gasteiger partial charge in [0.05, 0.1) is 0 Å². The molecule has 0 aliphatic carbocycles. The molecule has 0 spiro atoms. The summed E-state index contributed by atoms with van der Waals surface area (Å²) in [6.07, 6.45) is 3.42. The summed E-state index contributed by atoms with van der Waals surface area (Å²) in [6.45, 7) is 6.85. The number of aromatic nitrogens is 1. The predicted molar refractivity (Wildman–Crippen MR) is 74.6 cm³/mol. The predicted octanol–water partition coefficient (Wildman–Crippen LogP) is 4.02. The van der Waals surface area contributed by atoms with Gasteiger partial charge >= 0.3 is 0 Å². The Kier molecular flexibility index (Phi) is 2.70. The first-order chi connectivity index (χ1) is 8.66. The monoisotopic (exact) mass is 238 g/mol. The van der Waals surface area contributed by atoms with E-state index in [0.717, 1.165) is 0 Å². The lowest BCUT2D eigenvalue weighted by atomic mass is 9.90. The van der Waals surface area contributed by atoms with E-state index < -0.39 is 0 Å². The van der Waals surface area contributed by atoms with Gasteiger partial charge < -0.3 is 0 Å². The molecule has 0 saturated heterocycles. The molecule has 0 amide bonds. The van der Waals surface area contributed by atoms with Gasteiger partial charge in [-0.25, -0.2) is 0 Å². The van der Waals surface area contributed by atoms with Crippen LogP contribution in [0.15, 0.2) is 42.6 Å². The Labute approximate surface area is 109 Å². The molecule has 0 fully saturated rings. The summed E-state index contributed by atoms with van der Waals surface area (Å²) in [6, 6.07) is 13.9. The van der Waals surface area contributed by atoms with Gasteiger partial charge in [0, 0.05) is 24.1 Å². The Hall–Kier alpha value is -1.63. The Balaban J connectivity index is 2.30. The van der Waals surface area contributed by atoms with E-state index in [1.54, 1.807) is 0 Å². The van der Waals surface area contributed by atoms with Gasteiger partial charge in [0.15, 0.2) is 12.2 Å². The first-order valence-electron chi connectivity index (χ1n) is 6.78. The van der Waals surface area contributed by atoms with Crippen molar-refractivity contribution in [2.24, 2.45) is 0 Å². The van der Waals surface area contributed by atoms with Crippen molar-refractivity contribution in [2.75, 3.05) is 0 Å². The van der Waals surface area contributed by atoms with Crippen LogP contribution in [0.4, 0.5) is 0 Å². The molecule has 1 aliphatic rings. The maximum absolute atomic E-state index is 2.41. The molecule has 1 nitrogen and oxygen atoms in total. The Bertz CT molecular complexity index is 586. The van der Waals surface area contributed by atoms with Crippen LogP contribution in [-0.4, -0.2) is 0 Å². The maximum Gasteiger partial charge on any atom is 0.212 e. The highest BCUT2D eigenvalue weighted by atomic mass is 15.0. The van der Waals surface area contributed by atoms with Crippen molar-refractivity contribution in [1.29, 1.82) is 0 Å². The van der Waals surface area contributed by atoms with Gasteiger partial charge in [0.2, 0.25) is 5.69 Å². The quantitative estimate of drug-likeness (QED) is 0.610. The van der Waals surface area contributed by atoms with Crippen LogP contribution in [0.25, 0.3) is 11.3 Å². The summed E-state index contributed by atoms with van der Waals surface area (Å²) in [5.41, 5.74) is 5.61. The van der Waals surface area contributed by atoms with Crippen LogP contribution in [0.3, 0.4) is 0 Å². The molecule has 0 N–H and O–H groups in total. The minimum absolute atomic E-state index is 0.559. The summed E-state index contributed by atoms with van der Waals surface area (Å²) in [7, 11) is 0. The molecule has 3 rings (SSSR count). The molecule has 2 aromatic rings. The van der Waals surface area contributed by atoms with Gasteiger partial charge in [0.1, 0.15) is 0 Å². The van der Waals surface area contributed by atoms with Gasteiger partial charge in [-0.15, -0.1) is 0 Å². The lowest BCUT2D eigenvalue weighted by Crippen LogP contribution is -2.38. The van der Waals surface area contributed by atoms with Crippen molar-refractivity contribution in [3.05, 3.63) is 53.7 Å². The lowest BCUT2D eigenvalue weighted by Gasteiger charge is -2.12. The van der Waals surface area contributed by atoms with Crippen LogP contribution in [0.2, 0.25) is 0 Å². The summed E-state index contributed by atoms with van der Waals surface area (Å²) >= 11 is 0. The van der Waals surface area contributed by atoms with Crippen LogP contribution in [-0.2, 0) is 0 Å². The van der Waals surface area contributed by atoms with E-state index in [0.29, 0.717) is 12.0 Å². The van der Waals surface area contributed by atoms with Crippen molar-refractivity contribution in [1.82, 2.24) is 0 Å². The Morgan fingerprint density at radius 3 is 2.78 bits per heavy atom. The molecule has 2 unspecified atom stereocenters. The van der Waals surface area contributed by atoms with E-state index in [-0.39, 0.29) is 0 Å². The number of rotatable bonds is 0. The summed E-state index contributed by atoms with van der Waals surface area (Å²) in [4.78, 5) is 0. The molecule has 2 atom stereocenters. The van der Waals surface area contributed by atoms with E-state index >= 15 is 0 Å². The van der Waals surface area contributed by atoms with E-state index in [4.69, 9.17) is 0 Å². The molecule has 0 bridgehead atoms. The zero-order chi connectivity index (χ0) is 12.7. The number of pyridine rings is 1. The topological polar surface area (TPSA) is 3.88 Å². The van der Waals surface area contributed by atoms with E-state index in [1.807, 2.05) is 0 Å². The number of aryl methyl sites for hydroxylation is 1.